The predicted octanol–water partition coefficient (Wildman–Crippen LogP) is 2.29. The zero-order valence-electron chi connectivity index (χ0n) is 9.01. The van der Waals surface area contributed by atoms with E-state index >= 15 is 0 Å². The lowest BCUT2D eigenvalue weighted by Crippen LogP contribution is -2.33. The number of aromatic nitrogens is 1. The van der Waals surface area contributed by atoms with Crippen molar-refractivity contribution in [1.29, 1.82) is 0 Å². The molecule has 1 unspecified atom stereocenters. The molecule has 0 aliphatic heterocycles. The lowest BCUT2D eigenvalue weighted by Gasteiger charge is -2.11. The summed E-state index contributed by atoms with van der Waals surface area (Å²) < 4.78 is 0. The van der Waals surface area contributed by atoms with Crippen LogP contribution in [0.2, 0.25) is 5.02 Å². The van der Waals surface area contributed by atoms with Gasteiger partial charge in [0, 0.05) is 11.1 Å². The third-order valence-corrected chi connectivity index (χ3v) is 3.40. The zero-order chi connectivity index (χ0) is 13.1. The lowest BCUT2D eigenvalue weighted by atomic mass is 10.2. The average molecular weight is 285 g/mol. The number of H-pyrrole nitrogens is 1. The van der Waals surface area contributed by atoms with Crippen molar-refractivity contribution in [3.8, 4) is 0 Å². The van der Waals surface area contributed by atoms with Crippen LogP contribution in [0.1, 0.15) is 21.4 Å². The monoisotopic (exact) mass is 284 g/mol. The molecule has 2 rings (SSSR count). The number of halogens is 1. The molecule has 0 spiro atoms. The Balaban J connectivity index is 2.15. The zero-order valence-corrected chi connectivity index (χ0v) is 10.6. The second-order valence-electron chi connectivity index (χ2n) is 3.49. The van der Waals surface area contributed by atoms with Gasteiger partial charge in [0.05, 0.1) is 5.02 Å². The number of carbonyl (C=O) groups excluding carboxylic acids is 1. The summed E-state index contributed by atoms with van der Waals surface area (Å²) in [6.07, 6.45) is 1.46. The number of hydrogen-bond donors (Lipinski definition) is 3. The standard InChI is InChI=1S/C11H9ClN2O3S/c12-6-4-7(13-5-6)10(15)14-9(11(16)17)8-2-1-3-18-8/h1-5,9,13H,(H,14,15)(H,16,17). The van der Waals surface area contributed by atoms with Gasteiger partial charge in [-0.2, -0.15) is 0 Å². The van der Waals surface area contributed by atoms with Crippen molar-refractivity contribution >= 4 is 34.8 Å². The molecule has 2 aromatic heterocycles. The molecule has 18 heavy (non-hydrogen) atoms. The number of aromatic amines is 1. The Hall–Kier alpha value is -1.79. The van der Waals surface area contributed by atoms with Gasteiger partial charge in [0.25, 0.3) is 5.91 Å². The number of hydrogen-bond acceptors (Lipinski definition) is 3. The highest BCUT2D eigenvalue weighted by Crippen LogP contribution is 2.20. The topological polar surface area (TPSA) is 82.2 Å². The van der Waals surface area contributed by atoms with Gasteiger partial charge in [-0.25, -0.2) is 4.79 Å². The van der Waals surface area contributed by atoms with Crippen LogP contribution < -0.4 is 5.32 Å². The fourth-order valence-electron chi connectivity index (χ4n) is 1.42. The van der Waals surface area contributed by atoms with Crippen molar-refractivity contribution in [3.63, 3.8) is 0 Å². The molecule has 7 heteroatoms. The van der Waals surface area contributed by atoms with Crippen LogP contribution in [-0.2, 0) is 4.79 Å². The van der Waals surface area contributed by atoms with E-state index in [0.717, 1.165) is 0 Å². The predicted molar refractivity (Wildman–Crippen MR) is 68.0 cm³/mol. The maximum absolute atomic E-state index is 11.8. The minimum Gasteiger partial charge on any atom is -0.479 e. The van der Waals surface area contributed by atoms with Crippen molar-refractivity contribution in [2.24, 2.45) is 0 Å². The number of nitrogens with one attached hydrogen (secondary N) is 2. The first-order valence-corrected chi connectivity index (χ1v) is 6.24. The van der Waals surface area contributed by atoms with E-state index in [1.165, 1.54) is 23.6 Å². The molecule has 0 radical (unpaired) electrons. The van der Waals surface area contributed by atoms with Gasteiger partial charge in [-0.15, -0.1) is 11.3 Å². The number of amides is 1. The second kappa shape index (κ2) is 5.24. The molecule has 1 amide bonds. The third-order valence-electron chi connectivity index (χ3n) is 2.24. The van der Waals surface area contributed by atoms with Gasteiger partial charge >= 0.3 is 5.97 Å². The first-order valence-electron chi connectivity index (χ1n) is 4.99. The van der Waals surface area contributed by atoms with Gasteiger partial charge in [0.1, 0.15) is 5.69 Å². The molecular weight excluding hydrogens is 276 g/mol. The lowest BCUT2D eigenvalue weighted by molar-refractivity contribution is -0.139. The number of rotatable bonds is 4. The van der Waals surface area contributed by atoms with Gasteiger partial charge in [-0.3, -0.25) is 4.79 Å². The molecular formula is C11H9ClN2O3S. The van der Waals surface area contributed by atoms with E-state index in [-0.39, 0.29) is 5.69 Å². The van der Waals surface area contributed by atoms with E-state index in [1.54, 1.807) is 17.5 Å². The maximum Gasteiger partial charge on any atom is 0.331 e. The molecule has 2 aromatic rings. The minimum atomic E-state index is -1.11. The number of aliphatic carboxylic acids is 1. The number of carbonyl (C=O) groups is 2. The summed E-state index contributed by atoms with van der Waals surface area (Å²) in [5.74, 6) is -1.62. The quantitative estimate of drug-likeness (QED) is 0.805. The number of thiophene rings is 1. The van der Waals surface area contributed by atoms with Crippen LogP contribution in [-0.4, -0.2) is 22.0 Å². The average Bonchev–Trinajstić information content (AvgIpc) is 2.95. The highest BCUT2D eigenvalue weighted by Gasteiger charge is 2.23. The molecule has 3 N–H and O–H groups in total. The van der Waals surface area contributed by atoms with E-state index < -0.39 is 17.9 Å². The van der Waals surface area contributed by atoms with Crippen LogP contribution in [0.4, 0.5) is 0 Å². The van der Waals surface area contributed by atoms with Crippen LogP contribution in [0.25, 0.3) is 0 Å². The summed E-state index contributed by atoms with van der Waals surface area (Å²) >= 11 is 6.95. The highest BCUT2D eigenvalue weighted by atomic mass is 35.5. The molecule has 2 heterocycles. The van der Waals surface area contributed by atoms with Crippen LogP contribution in [0, 0.1) is 0 Å². The first-order chi connectivity index (χ1) is 8.58. The molecule has 5 nitrogen and oxygen atoms in total. The molecule has 0 aliphatic carbocycles. The van der Waals surface area contributed by atoms with E-state index in [1.807, 2.05) is 0 Å². The van der Waals surface area contributed by atoms with E-state index in [2.05, 4.69) is 10.3 Å². The highest BCUT2D eigenvalue weighted by molar-refractivity contribution is 7.10. The van der Waals surface area contributed by atoms with Crippen molar-refractivity contribution in [2.45, 2.75) is 6.04 Å². The Morgan fingerprint density at radius 1 is 1.50 bits per heavy atom. The Bertz CT molecular complexity index is 565. The van der Waals surface area contributed by atoms with Crippen molar-refractivity contribution < 1.29 is 14.7 Å². The minimum absolute atomic E-state index is 0.225. The third kappa shape index (κ3) is 2.72. The van der Waals surface area contributed by atoms with E-state index in [9.17, 15) is 9.59 Å². The van der Waals surface area contributed by atoms with Gasteiger partial charge in [0.15, 0.2) is 6.04 Å². The first kappa shape index (κ1) is 12.7. The molecule has 0 saturated heterocycles. The fraction of sp³-hybridized carbons (Fsp3) is 0.0909. The largest absolute Gasteiger partial charge is 0.479 e. The summed E-state index contributed by atoms with van der Waals surface area (Å²) in [6, 6.07) is 3.77. The molecule has 0 fully saturated rings. The molecule has 1 atom stereocenters. The maximum atomic E-state index is 11.8. The smallest absolute Gasteiger partial charge is 0.331 e. The summed E-state index contributed by atoms with van der Waals surface area (Å²) in [5.41, 5.74) is 0.225. The van der Waals surface area contributed by atoms with Crippen molar-refractivity contribution in [2.75, 3.05) is 0 Å². The van der Waals surface area contributed by atoms with Crippen LogP contribution >= 0.6 is 22.9 Å². The molecule has 0 saturated carbocycles. The Morgan fingerprint density at radius 2 is 2.28 bits per heavy atom. The SMILES string of the molecule is O=C(NC(C(=O)O)c1cccs1)c1cc(Cl)c[nH]1. The van der Waals surface area contributed by atoms with Gasteiger partial charge < -0.3 is 15.4 Å². The van der Waals surface area contributed by atoms with Crippen LogP contribution in [0.3, 0.4) is 0 Å². The fourth-order valence-corrected chi connectivity index (χ4v) is 2.35. The van der Waals surface area contributed by atoms with Crippen LogP contribution in [0.5, 0.6) is 0 Å². The van der Waals surface area contributed by atoms with E-state index in [4.69, 9.17) is 16.7 Å². The second-order valence-corrected chi connectivity index (χ2v) is 4.91. The van der Waals surface area contributed by atoms with E-state index in [0.29, 0.717) is 9.90 Å². The Labute approximate surface area is 111 Å². The molecule has 0 aliphatic rings. The number of carboxylic acids is 1. The molecule has 0 bridgehead atoms. The van der Waals surface area contributed by atoms with Gasteiger partial charge in [-0.1, -0.05) is 17.7 Å². The number of carboxylic acid groups (broad SMARTS) is 1. The summed E-state index contributed by atoms with van der Waals surface area (Å²) in [4.78, 5) is 26.2. The molecule has 94 valence electrons. The summed E-state index contributed by atoms with van der Waals surface area (Å²) in [5, 5.41) is 13.7. The normalized spacial score (nSPS) is 12.1. The van der Waals surface area contributed by atoms with Gasteiger partial charge in [-0.05, 0) is 17.5 Å². The Morgan fingerprint density at radius 3 is 2.78 bits per heavy atom. The van der Waals surface area contributed by atoms with Crippen LogP contribution in [0.15, 0.2) is 29.8 Å². The van der Waals surface area contributed by atoms with Crippen molar-refractivity contribution in [3.05, 3.63) is 45.4 Å². The molecule has 0 aromatic carbocycles. The summed E-state index contributed by atoms with van der Waals surface area (Å²) in [6.45, 7) is 0. The Kier molecular flexibility index (Phi) is 3.69. The summed E-state index contributed by atoms with van der Waals surface area (Å²) in [7, 11) is 0. The van der Waals surface area contributed by atoms with Crippen molar-refractivity contribution in [1.82, 2.24) is 10.3 Å². The van der Waals surface area contributed by atoms with Gasteiger partial charge in [0.2, 0.25) is 0 Å².